The number of nitrogens with zero attached hydrogens (tertiary/aromatic N) is 2. The van der Waals surface area contributed by atoms with Crippen LogP contribution >= 0.6 is 0 Å². The Labute approximate surface area is 91.8 Å². The molecular weight excluding hydrogens is 188 g/mol. The third-order valence-electron chi connectivity index (χ3n) is 2.75. The van der Waals surface area contributed by atoms with E-state index >= 15 is 0 Å². The maximum atomic E-state index is 9.56. The van der Waals surface area contributed by atoms with Crippen LogP contribution in [0.15, 0.2) is 24.4 Å². The van der Waals surface area contributed by atoms with E-state index in [2.05, 4.69) is 16.8 Å². The van der Waals surface area contributed by atoms with Crippen molar-refractivity contribution >= 4 is 0 Å². The van der Waals surface area contributed by atoms with Gasteiger partial charge in [-0.15, -0.1) is 0 Å². The summed E-state index contributed by atoms with van der Waals surface area (Å²) in [7, 11) is 2.01. The standard InChI is InChI=1S/C12H20N2O/c1-4-11(15)9-14(3)10(2)12-7-5-6-8-13-12/h5-8,10-11,15H,4,9H2,1-3H3. The molecule has 0 bridgehead atoms. The summed E-state index contributed by atoms with van der Waals surface area (Å²) >= 11 is 0. The van der Waals surface area contributed by atoms with Crippen LogP contribution in [0.5, 0.6) is 0 Å². The van der Waals surface area contributed by atoms with E-state index in [0.717, 1.165) is 12.1 Å². The third-order valence-corrected chi connectivity index (χ3v) is 2.75. The Morgan fingerprint density at radius 1 is 1.47 bits per heavy atom. The van der Waals surface area contributed by atoms with Crippen LogP contribution in [-0.4, -0.2) is 34.7 Å². The topological polar surface area (TPSA) is 36.4 Å². The average Bonchev–Trinajstić information content (AvgIpc) is 2.29. The normalized spacial score (nSPS) is 15.3. The quantitative estimate of drug-likeness (QED) is 0.802. The molecule has 1 heterocycles. The van der Waals surface area contributed by atoms with E-state index in [9.17, 15) is 5.11 Å². The van der Waals surface area contributed by atoms with Crippen LogP contribution in [0.2, 0.25) is 0 Å². The fourth-order valence-corrected chi connectivity index (χ4v) is 1.47. The van der Waals surface area contributed by atoms with Gasteiger partial charge in [0.25, 0.3) is 0 Å². The van der Waals surface area contributed by atoms with Gasteiger partial charge in [0.05, 0.1) is 11.8 Å². The summed E-state index contributed by atoms with van der Waals surface area (Å²) in [5.74, 6) is 0. The molecule has 0 saturated heterocycles. The molecule has 0 amide bonds. The molecule has 0 saturated carbocycles. The van der Waals surface area contributed by atoms with Crippen LogP contribution < -0.4 is 0 Å². The molecule has 3 nitrogen and oxygen atoms in total. The summed E-state index contributed by atoms with van der Waals surface area (Å²) < 4.78 is 0. The van der Waals surface area contributed by atoms with E-state index in [0.29, 0.717) is 6.54 Å². The molecule has 1 N–H and O–H groups in total. The summed E-state index contributed by atoms with van der Waals surface area (Å²) in [6.07, 6.45) is 2.34. The zero-order valence-electron chi connectivity index (χ0n) is 9.72. The molecule has 1 rings (SSSR count). The summed E-state index contributed by atoms with van der Waals surface area (Å²) in [6, 6.07) is 6.16. The average molecular weight is 208 g/mol. The van der Waals surface area contributed by atoms with Crippen LogP contribution in [0.4, 0.5) is 0 Å². The van der Waals surface area contributed by atoms with Crippen molar-refractivity contribution in [3.05, 3.63) is 30.1 Å². The van der Waals surface area contributed by atoms with Crippen molar-refractivity contribution in [2.75, 3.05) is 13.6 Å². The first kappa shape index (κ1) is 12.1. The second kappa shape index (κ2) is 5.83. The SMILES string of the molecule is CCC(O)CN(C)C(C)c1ccccn1. The van der Waals surface area contributed by atoms with Gasteiger partial charge in [-0.3, -0.25) is 9.88 Å². The number of aliphatic hydroxyl groups excluding tert-OH is 1. The molecule has 2 atom stereocenters. The summed E-state index contributed by atoms with van der Waals surface area (Å²) in [5, 5.41) is 9.56. The van der Waals surface area contributed by atoms with Crippen LogP contribution in [0, 0.1) is 0 Å². The first-order chi connectivity index (χ1) is 7.15. The van der Waals surface area contributed by atoms with Gasteiger partial charge < -0.3 is 5.11 Å². The molecule has 0 radical (unpaired) electrons. The number of likely N-dealkylation sites (N-methyl/N-ethyl adjacent to an activating group) is 1. The fourth-order valence-electron chi connectivity index (χ4n) is 1.47. The molecule has 1 aromatic heterocycles. The predicted octanol–water partition coefficient (Wildman–Crippen LogP) is 1.85. The zero-order chi connectivity index (χ0) is 11.3. The lowest BCUT2D eigenvalue weighted by Gasteiger charge is -2.26. The number of aromatic nitrogens is 1. The van der Waals surface area contributed by atoms with Crippen LogP contribution in [0.3, 0.4) is 0 Å². The monoisotopic (exact) mass is 208 g/mol. The Kier molecular flexibility index (Phi) is 4.72. The number of hydrogen-bond donors (Lipinski definition) is 1. The van der Waals surface area contributed by atoms with Gasteiger partial charge in [-0.2, -0.15) is 0 Å². The predicted molar refractivity (Wildman–Crippen MR) is 61.6 cm³/mol. The lowest BCUT2D eigenvalue weighted by Crippen LogP contribution is -2.31. The molecule has 1 aromatic rings. The Balaban J connectivity index is 2.57. The molecule has 3 heteroatoms. The minimum absolute atomic E-state index is 0.243. The van der Waals surface area contributed by atoms with Crippen LogP contribution in [-0.2, 0) is 0 Å². The van der Waals surface area contributed by atoms with Crippen molar-refractivity contribution in [3.63, 3.8) is 0 Å². The summed E-state index contributed by atoms with van der Waals surface area (Å²) in [4.78, 5) is 6.43. The van der Waals surface area contributed by atoms with E-state index in [1.165, 1.54) is 0 Å². The van der Waals surface area contributed by atoms with Crippen molar-refractivity contribution < 1.29 is 5.11 Å². The molecule has 0 spiro atoms. The molecule has 0 aliphatic heterocycles. The number of rotatable bonds is 5. The Morgan fingerprint density at radius 2 is 2.20 bits per heavy atom. The highest BCUT2D eigenvalue weighted by Crippen LogP contribution is 2.16. The van der Waals surface area contributed by atoms with Crippen LogP contribution in [0.25, 0.3) is 0 Å². The van der Waals surface area contributed by atoms with E-state index in [1.807, 2.05) is 32.2 Å². The molecule has 0 fully saturated rings. The van der Waals surface area contributed by atoms with Crippen molar-refractivity contribution in [2.45, 2.75) is 32.4 Å². The fraction of sp³-hybridized carbons (Fsp3) is 0.583. The largest absolute Gasteiger partial charge is 0.392 e. The van der Waals surface area contributed by atoms with Gasteiger partial charge >= 0.3 is 0 Å². The van der Waals surface area contributed by atoms with Gasteiger partial charge in [-0.25, -0.2) is 0 Å². The highest BCUT2D eigenvalue weighted by molar-refractivity contribution is 5.07. The van der Waals surface area contributed by atoms with Gasteiger partial charge in [0.2, 0.25) is 0 Å². The smallest absolute Gasteiger partial charge is 0.0664 e. The molecule has 84 valence electrons. The molecule has 15 heavy (non-hydrogen) atoms. The molecule has 2 unspecified atom stereocenters. The van der Waals surface area contributed by atoms with Crippen molar-refractivity contribution in [2.24, 2.45) is 0 Å². The molecule has 0 aromatic carbocycles. The maximum Gasteiger partial charge on any atom is 0.0664 e. The Bertz CT molecular complexity index is 276. The number of hydrogen-bond acceptors (Lipinski definition) is 3. The second-order valence-corrected chi connectivity index (χ2v) is 3.93. The third kappa shape index (κ3) is 3.61. The van der Waals surface area contributed by atoms with Crippen LogP contribution in [0.1, 0.15) is 32.0 Å². The molecule has 0 aliphatic rings. The zero-order valence-corrected chi connectivity index (χ0v) is 9.72. The van der Waals surface area contributed by atoms with E-state index in [1.54, 1.807) is 6.20 Å². The van der Waals surface area contributed by atoms with Gasteiger partial charge in [0.1, 0.15) is 0 Å². The maximum absolute atomic E-state index is 9.56. The van der Waals surface area contributed by atoms with Gasteiger partial charge in [-0.05, 0) is 32.5 Å². The Hall–Kier alpha value is -0.930. The van der Waals surface area contributed by atoms with Crippen molar-refractivity contribution in [1.82, 2.24) is 9.88 Å². The highest BCUT2D eigenvalue weighted by atomic mass is 16.3. The van der Waals surface area contributed by atoms with Gasteiger partial charge in [0, 0.05) is 18.8 Å². The lowest BCUT2D eigenvalue weighted by atomic mass is 10.1. The van der Waals surface area contributed by atoms with Crippen molar-refractivity contribution in [3.8, 4) is 0 Å². The minimum atomic E-state index is -0.249. The Morgan fingerprint density at radius 3 is 2.73 bits per heavy atom. The minimum Gasteiger partial charge on any atom is -0.392 e. The van der Waals surface area contributed by atoms with Gasteiger partial charge in [-0.1, -0.05) is 13.0 Å². The summed E-state index contributed by atoms with van der Waals surface area (Å²) in [6.45, 7) is 4.78. The summed E-state index contributed by atoms with van der Waals surface area (Å²) in [5.41, 5.74) is 1.04. The van der Waals surface area contributed by atoms with E-state index < -0.39 is 0 Å². The number of pyridine rings is 1. The first-order valence-corrected chi connectivity index (χ1v) is 5.44. The highest BCUT2D eigenvalue weighted by Gasteiger charge is 2.14. The second-order valence-electron chi connectivity index (χ2n) is 3.93. The van der Waals surface area contributed by atoms with E-state index in [-0.39, 0.29) is 12.1 Å². The van der Waals surface area contributed by atoms with E-state index in [4.69, 9.17) is 0 Å². The first-order valence-electron chi connectivity index (χ1n) is 5.44. The van der Waals surface area contributed by atoms with Gasteiger partial charge in [0.15, 0.2) is 0 Å². The lowest BCUT2D eigenvalue weighted by molar-refractivity contribution is 0.104. The molecular formula is C12H20N2O. The molecule has 0 aliphatic carbocycles. The number of aliphatic hydroxyl groups is 1. The van der Waals surface area contributed by atoms with Crippen molar-refractivity contribution in [1.29, 1.82) is 0 Å².